The lowest BCUT2D eigenvalue weighted by Crippen LogP contribution is -2.43. The number of likely N-dealkylation sites (tertiary alicyclic amines) is 1. The van der Waals surface area contributed by atoms with Crippen molar-refractivity contribution in [3.8, 4) is 5.75 Å². The molecule has 10 heteroatoms. The predicted molar refractivity (Wildman–Crippen MR) is 147 cm³/mol. The average Bonchev–Trinajstić information content (AvgIpc) is 3.69. The molecular weight excluding hydrogens is 550 g/mol. The molecule has 37 heavy (non-hydrogen) atoms. The minimum absolute atomic E-state index is 0.241. The molecule has 0 aliphatic carbocycles. The van der Waals surface area contributed by atoms with E-state index < -0.39 is 35.8 Å². The number of aryl methyl sites for hydroxylation is 1. The number of carboxylic acid groups (broad SMARTS) is 1. The first-order chi connectivity index (χ1) is 17.8. The maximum atomic E-state index is 14.2. The molecule has 0 bridgehead atoms. The number of ketones is 1. The number of carbonyl (C=O) groups is 3. The number of halogens is 1. The van der Waals surface area contributed by atoms with Crippen LogP contribution >= 0.6 is 45.6 Å². The molecule has 0 spiro atoms. The van der Waals surface area contributed by atoms with Crippen molar-refractivity contribution >= 4 is 63.3 Å². The summed E-state index contributed by atoms with van der Waals surface area (Å²) in [5, 5.41) is 14.3. The minimum Gasteiger partial charge on any atom is -0.497 e. The number of hydrogen-bond acceptors (Lipinski definition) is 7. The van der Waals surface area contributed by atoms with E-state index in [0.717, 1.165) is 21.8 Å². The maximum absolute atomic E-state index is 14.2. The highest BCUT2D eigenvalue weighted by Crippen LogP contribution is 2.54. The van der Waals surface area contributed by atoms with Gasteiger partial charge in [-0.25, -0.2) is 4.79 Å². The third kappa shape index (κ3) is 4.61. The zero-order chi connectivity index (χ0) is 26.3. The van der Waals surface area contributed by atoms with Gasteiger partial charge in [-0.05, 0) is 65.2 Å². The summed E-state index contributed by atoms with van der Waals surface area (Å²) in [6.07, 6.45) is 0. The Morgan fingerprint density at radius 2 is 1.81 bits per heavy atom. The van der Waals surface area contributed by atoms with E-state index in [4.69, 9.17) is 16.3 Å². The smallest absolute Gasteiger partial charge is 0.327 e. The van der Waals surface area contributed by atoms with Crippen molar-refractivity contribution in [2.45, 2.75) is 24.9 Å². The normalized spacial score (nSPS) is 21.2. The first-order valence-corrected chi connectivity index (χ1v) is 14.3. The molecule has 4 heterocycles. The van der Waals surface area contributed by atoms with Crippen molar-refractivity contribution in [1.29, 1.82) is 0 Å². The molecular formula is C27H22ClNO5S3. The fourth-order valence-corrected chi connectivity index (χ4v) is 7.87. The summed E-state index contributed by atoms with van der Waals surface area (Å²) in [5.41, 5.74) is 1.52. The molecule has 1 saturated heterocycles. The summed E-state index contributed by atoms with van der Waals surface area (Å²) < 4.78 is 5.88. The number of benzene rings is 1. The third-order valence-electron chi connectivity index (χ3n) is 6.65. The van der Waals surface area contributed by atoms with Gasteiger partial charge >= 0.3 is 5.97 Å². The Morgan fingerprint density at radius 1 is 1.00 bits per heavy atom. The Labute approximate surface area is 230 Å². The van der Waals surface area contributed by atoms with Crippen molar-refractivity contribution in [2.75, 3.05) is 7.11 Å². The highest BCUT2D eigenvalue weighted by Gasteiger charge is 2.58. The summed E-state index contributed by atoms with van der Waals surface area (Å²) in [7, 11) is 1.53. The van der Waals surface area contributed by atoms with Gasteiger partial charge in [0.1, 0.15) is 11.8 Å². The number of thiophene rings is 3. The van der Waals surface area contributed by atoms with Crippen LogP contribution in [0.2, 0.25) is 4.34 Å². The number of Topliss-reactive ketones (excluding diaryl/α,β-unsaturated/α-hetero) is 1. The first kappa shape index (κ1) is 25.7. The molecule has 5 rings (SSSR count). The summed E-state index contributed by atoms with van der Waals surface area (Å²) in [6, 6.07) is 13.7. The Hall–Kier alpha value is -2.98. The standard InChI is InChI=1S/C27H22ClNO5S3/c1-14-10-12-36-25(14)22-21(24(30)17-8-9-19(28)37-17)20(15-5-3-6-16(13-15)34-2)23(27(32)33)29(22)26(31)18-7-4-11-35-18/h3-13,20-23H,1-2H3,(H,32,33). The third-order valence-corrected chi connectivity index (χ3v) is 9.85. The summed E-state index contributed by atoms with van der Waals surface area (Å²) in [5.74, 6) is -2.96. The molecule has 0 saturated carbocycles. The van der Waals surface area contributed by atoms with Gasteiger partial charge in [-0.3, -0.25) is 9.59 Å². The zero-order valence-electron chi connectivity index (χ0n) is 19.8. The van der Waals surface area contributed by atoms with Crippen molar-refractivity contribution in [3.63, 3.8) is 0 Å². The van der Waals surface area contributed by atoms with E-state index in [9.17, 15) is 19.5 Å². The molecule has 3 aromatic heterocycles. The molecule has 6 nitrogen and oxygen atoms in total. The summed E-state index contributed by atoms with van der Waals surface area (Å²) in [4.78, 5) is 44.2. The van der Waals surface area contributed by atoms with Gasteiger partial charge in [0.05, 0.1) is 33.2 Å². The van der Waals surface area contributed by atoms with Crippen LogP contribution in [-0.4, -0.2) is 40.8 Å². The van der Waals surface area contributed by atoms with Crippen molar-refractivity contribution in [1.82, 2.24) is 4.90 Å². The summed E-state index contributed by atoms with van der Waals surface area (Å²) >= 11 is 10.0. The van der Waals surface area contributed by atoms with Crippen LogP contribution in [0.1, 0.15) is 47.3 Å². The van der Waals surface area contributed by atoms with E-state index in [1.54, 1.807) is 53.9 Å². The molecule has 190 valence electrons. The minimum atomic E-state index is -1.28. The van der Waals surface area contributed by atoms with E-state index in [-0.39, 0.29) is 5.78 Å². The first-order valence-electron chi connectivity index (χ1n) is 11.4. The molecule has 0 radical (unpaired) electrons. The number of methoxy groups -OCH3 is 1. The number of aliphatic carboxylic acids is 1. The molecule has 4 unspecified atom stereocenters. The number of carbonyl (C=O) groups excluding carboxylic acids is 2. The van der Waals surface area contributed by atoms with Gasteiger partial charge in [-0.2, -0.15) is 0 Å². The number of ether oxygens (including phenoxy) is 1. The predicted octanol–water partition coefficient (Wildman–Crippen LogP) is 6.77. The molecule has 1 aromatic carbocycles. The number of hydrogen-bond donors (Lipinski definition) is 1. The van der Waals surface area contributed by atoms with Crippen LogP contribution in [0.15, 0.2) is 65.4 Å². The lowest BCUT2D eigenvalue weighted by Gasteiger charge is -2.29. The van der Waals surface area contributed by atoms with Crippen LogP contribution in [0.5, 0.6) is 5.75 Å². The van der Waals surface area contributed by atoms with E-state index in [1.807, 2.05) is 18.4 Å². The van der Waals surface area contributed by atoms with Crippen LogP contribution in [0.25, 0.3) is 0 Å². The van der Waals surface area contributed by atoms with Crippen LogP contribution in [-0.2, 0) is 4.79 Å². The number of nitrogens with zero attached hydrogens (tertiary/aromatic N) is 1. The van der Waals surface area contributed by atoms with Crippen molar-refractivity contribution in [3.05, 3.63) is 95.5 Å². The van der Waals surface area contributed by atoms with Gasteiger partial charge in [0, 0.05) is 10.8 Å². The van der Waals surface area contributed by atoms with Gasteiger partial charge < -0.3 is 14.7 Å². The van der Waals surface area contributed by atoms with Crippen molar-refractivity contribution in [2.24, 2.45) is 5.92 Å². The van der Waals surface area contributed by atoms with Crippen LogP contribution in [0.3, 0.4) is 0 Å². The van der Waals surface area contributed by atoms with Gasteiger partial charge in [-0.1, -0.05) is 29.8 Å². The Balaban J connectivity index is 1.78. The molecule has 1 N–H and O–H groups in total. The highest BCUT2D eigenvalue weighted by molar-refractivity contribution is 7.18. The zero-order valence-corrected chi connectivity index (χ0v) is 23.0. The molecule has 1 amide bonds. The SMILES string of the molecule is COc1cccc(C2C(C(=O)c3ccc(Cl)s3)C(c3sccc3C)N(C(=O)c3cccs3)C2C(=O)O)c1. The van der Waals surface area contributed by atoms with Gasteiger partial charge in [-0.15, -0.1) is 34.0 Å². The largest absolute Gasteiger partial charge is 0.497 e. The lowest BCUT2D eigenvalue weighted by molar-refractivity contribution is -0.142. The monoisotopic (exact) mass is 571 g/mol. The Morgan fingerprint density at radius 3 is 2.41 bits per heavy atom. The van der Waals surface area contributed by atoms with Crippen LogP contribution in [0, 0.1) is 12.8 Å². The number of amides is 1. The average molecular weight is 572 g/mol. The lowest BCUT2D eigenvalue weighted by atomic mass is 9.78. The second kappa shape index (κ2) is 10.4. The fraction of sp³-hybridized carbons (Fsp3) is 0.222. The Kier molecular flexibility index (Phi) is 7.22. The quantitative estimate of drug-likeness (QED) is 0.247. The second-order valence-electron chi connectivity index (χ2n) is 8.68. The maximum Gasteiger partial charge on any atom is 0.327 e. The van der Waals surface area contributed by atoms with Crippen molar-refractivity contribution < 1.29 is 24.2 Å². The van der Waals surface area contributed by atoms with E-state index in [0.29, 0.717) is 25.4 Å². The summed E-state index contributed by atoms with van der Waals surface area (Å²) in [6.45, 7) is 1.91. The highest BCUT2D eigenvalue weighted by atomic mass is 35.5. The topological polar surface area (TPSA) is 83.9 Å². The fourth-order valence-electron chi connectivity index (χ4n) is 5.10. The number of rotatable bonds is 7. The second-order valence-corrected chi connectivity index (χ2v) is 12.3. The van der Waals surface area contributed by atoms with Gasteiger partial charge in [0.25, 0.3) is 5.91 Å². The van der Waals surface area contributed by atoms with Gasteiger partial charge in [0.2, 0.25) is 0 Å². The Bertz CT molecular complexity index is 1460. The molecule has 4 atom stereocenters. The number of carboxylic acids is 1. The molecule has 4 aromatic rings. The van der Waals surface area contributed by atoms with Crippen LogP contribution < -0.4 is 4.74 Å². The van der Waals surface area contributed by atoms with Gasteiger partial charge in [0.15, 0.2) is 5.78 Å². The molecule has 1 fully saturated rings. The van der Waals surface area contributed by atoms with E-state index in [2.05, 4.69) is 0 Å². The van der Waals surface area contributed by atoms with E-state index >= 15 is 0 Å². The molecule has 1 aliphatic rings. The van der Waals surface area contributed by atoms with Crippen LogP contribution in [0.4, 0.5) is 0 Å². The van der Waals surface area contributed by atoms with E-state index in [1.165, 1.54) is 34.7 Å². The molecule has 1 aliphatic heterocycles.